The second kappa shape index (κ2) is 6.10. The SMILES string of the molecule is [C-]#[N+]c1ccnc(-c2nc3ccccc3n2-c2ccc(OC)cc2)c1. The fraction of sp³-hybridized carbons (Fsp3) is 0.0500. The van der Waals surface area contributed by atoms with Gasteiger partial charge >= 0.3 is 0 Å². The Morgan fingerprint density at radius 1 is 1.04 bits per heavy atom. The maximum absolute atomic E-state index is 7.23. The van der Waals surface area contributed by atoms with Crippen LogP contribution in [-0.2, 0) is 0 Å². The molecule has 0 radical (unpaired) electrons. The minimum absolute atomic E-state index is 0.540. The van der Waals surface area contributed by atoms with Crippen LogP contribution in [-0.4, -0.2) is 21.6 Å². The normalized spacial score (nSPS) is 10.6. The molecule has 2 aromatic heterocycles. The van der Waals surface area contributed by atoms with E-state index in [0.717, 1.165) is 22.5 Å². The fourth-order valence-corrected chi connectivity index (χ4v) is 2.80. The minimum atomic E-state index is 0.540. The van der Waals surface area contributed by atoms with Crippen LogP contribution in [0, 0.1) is 6.57 Å². The fourth-order valence-electron chi connectivity index (χ4n) is 2.80. The highest BCUT2D eigenvalue weighted by Gasteiger charge is 2.15. The minimum Gasteiger partial charge on any atom is -0.497 e. The number of methoxy groups -OCH3 is 1. The maximum atomic E-state index is 7.23. The molecule has 0 aliphatic carbocycles. The van der Waals surface area contributed by atoms with Gasteiger partial charge in [0.15, 0.2) is 11.5 Å². The number of hydrogen-bond acceptors (Lipinski definition) is 3. The lowest BCUT2D eigenvalue weighted by Gasteiger charge is -2.10. The number of nitrogens with zero attached hydrogens (tertiary/aromatic N) is 4. The molecule has 0 saturated heterocycles. The molecule has 0 aliphatic rings. The second-order valence-electron chi connectivity index (χ2n) is 5.47. The zero-order valence-corrected chi connectivity index (χ0v) is 13.5. The van der Waals surface area contributed by atoms with Gasteiger partial charge in [-0.05, 0) is 48.5 Å². The average Bonchev–Trinajstić information content (AvgIpc) is 3.07. The summed E-state index contributed by atoms with van der Waals surface area (Å²) >= 11 is 0. The summed E-state index contributed by atoms with van der Waals surface area (Å²) in [6, 6.07) is 19.2. The van der Waals surface area contributed by atoms with Crippen molar-refractivity contribution in [3.63, 3.8) is 0 Å². The molecule has 2 aromatic carbocycles. The molecular formula is C20H14N4O. The molecule has 0 bridgehead atoms. The summed E-state index contributed by atoms with van der Waals surface area (Å²) in [5, 5.41) is 0. The molecular weight excluding hydrogens is 312 g/mol. The Balaban J connectivity index is 1.99. The van der Waals surface area contributed by atoms with E-state index in [0.29, 0.717) is 17.2 Å². The third kappa shape index (κ3) is 2.60. The summed E-state index contributed by atoms with van der Waals surface area (Å²) < 4.78 is 7.30. The molecule has 5 heteroatoms. The zero-order valence-electron chi connectivity index (χ0n) is 13.5. The molecule has 4 aromatic rings. The van der Waals surface area contributed by atoms with Gasteiger partial charge in [0.05, 0.1) is 30.4 Å². The Morgan fingerprint density at radius 2 is 1.84 bits per heavy atom. The van der Waals surface area contributed by atoms with Crippen LogP contribution in [0.1, 0.15) is 0 Å². The van der Waals surface area contributed by atoms with Gasteiger partial charge < -0.3 is 4.74 Å². The standard InChI is InChI=1S/C20H14N4O/c1-21-14-11-12-22-18(13-14)20-23-17-5-3-4-6-19(17)24(20)15-7-9-16(25-2)10-8-15/h3-13H,2H3. The lowest BCUT2D eigenvalue weighted by atomic mass is 10.2. The summed E-state index contributed by atoms with van der Waals surface area (Å²) in [4.78, 5) is 12.7. The molecule has 0 fully saturated rings. The molecule has 2 heterocycles. The molecule has 0 unspecified atom stereocenters. The lowest BCUT2D eigenvalue weighted by Crippen LogP contribution is -1.98. The number of rotatable bonds is 3. The van der Waals surface area contributed by atoms with E-state index in [1.54, 1.807) is 25.4 Å². The third-order valence-electron chi connectivity index (χ3n) is 3.99. The van der Waals surface area contributed by atoms with E-state index in [1.807, 2.05) is 53.1 Å². The van der Waals surface area contributed by atoms with Gasteiger partial charge in [0.1, 0.15) is 5.75 Å². The Morgan fingerprint density at radius 3 is 2.60 bits per heavy atom. The van der Waals surface area contributed by atoms with E-state index in [2.05, 4.69) is 9.83 Å². The van der Waals surface area contributed by atoms with E-state index < -0.39 is 0 Å². The van der Waals surface area contributed by atoms with Gasteiger partial charge in [-0.3, -0.25) is 9.55 Å². The number of imidazole rings is 1. The van der Waals surface area contributed by atoms with E-state index in [4.69, 9.17) is 16.3 Å². The van der Waals surface area contributed by atoms with Gasteiger partial charge in [0, 0.05) is 11.9 Å². The van der Waals surface area contributed by atoms with Gasteiger partial charge in [-0.1, -0.05) is 12.1 Å². The Bertz CT molecular complexity index is 1090. The van der Waals surface area contributed by atoms with Crippen molar-refractivity contribution in [2.45, 2.75) is 0 Å². The topological polar surface area (TPSA) is 44.3 Å². The molecule has 0 N–H and O–H groups in total. The molecule has 25 heavy (non-hydrogen) atoms. The van der Waals surface area contributed by atoms with Crippen LogP contribution in [0.2, 0.25) is 0 Å². The third-order valence-corrected chi connectivity index (χ3v) is 3.99. The van der Waals surface area contributed by atoms with Crippen molar-refractivity contribution in [1.82, 2.24) is 14.5 Å². The summed E-state index contributed by atoms with van der Waals surface area (Å²) in [6.45, 7) is 7.23. The van der Waals surface area contributed by atoms with Crippen LogP contribution in [0.5, 0.6) is 5.75 Å². The summed E-state index contributed by atoms with van der Waals surface area (Å²) in [5.74, 6) is 1.50. The van der Waals surface area contributed by atoms with Crippen LogP contribution in [0.3, 0.4) is 0 Å². The number of ether oxygens (including phenoxy) is 1. The van der Waals surface area contributed by atoms with Crippen molar-refractivity contribution in [3.05, 3.63) is 78.3 Å². The highest BCUT2D eigenvalue weighted by atomic mass is 16.5. The number of pyridine rings is 1. The zero-order chi connectivity index (χ0) is 17.2. The first-order chi connectivity index (χ1) is 12.3. The van der Waals surface area contributed by atoms with E-state index in [9.17, 15) is 0 Å². The Labute approximate surface area is 145 Å². The van der Waals surface area contributed by atoms with Crippen molar-refractivity contribution >= 4 is 16.7 Å². The summed E-state index contributed by atoms with van der Waals surface area (Å²) in [7, 11) is 1.65. The van der Waals surface area contributed by atoms with Gasteiger partial charge in [-0.25, -0.2) is 9.83 Å². The number of benzene rings is 2. The predicted molar refractivity (Wildman–Crippen MR) is 97.1 cm³/mol. The Hall–Kier alpha value is -3.65. The van der Waals surface area contributed by atoms with Gasteiger partial charge in [-0.15, -0.1) is 0 Å². The number of fused-ring (bicyclic) bond motifs is 1. The molecule has 0 aliphatic heterocycles. The van der Waals surface area contributed by atoms with E-state index in [1.165, 1.54) is 0 Å². The van der Waals surface area contributed by atoms with Crippen LogP contribution in [0.4, 0.5) is 5.69 Å². The Kier molecular flexibility index (Phi) is 3.64. The van der Waals surface area contributed by atoms with Crippen molar-refractivity contribution < 1.29 is 4.74 Å². The predicted octanol–water partition coefficient (Wildman–Crippen LogP) is 4.65. The largest absolute Gasteiger partial charge is 0.497 e. The van der Waals surface area contributed by atoms with Gasteiger partial charge in [-0.2, -0.15) is 0 Å². The van der Waals surface area contributed by atoms with Crippen LogP contribution in [0.25, 0.3) is 33.1 Å². The number of hydrogen-bond donors (Lipinski definition) is 0. The van der Waals surface area contributed by atoms with Gasteiger partial charge in [0.2, 0.25) is 0 Å². The number of para-hydroxylation sites is 2. The average molecular weight is 326 g/mol. The quantitative estimate of drug-likeness (QED) is 0.515. The van der Waals surface area contributed by atoms with Crippen LogP contribution < -0.4 is 4.74 Å². The van der Waals surface area contributed by atoms with Crippen LogP contribution >= 0.6 is 0 Å². The summed E-state index contributed by atoms with van der Waals surface area (Å²) in [5.41, 5.74) is 4.03. The van der Waals surface area contributed by atoms with E-state index in [-0.39, 0.29) is 0 Å². The number of aromatic nitrogens is 3. The van der Waals surface area contributed by atoms with Crippen molar-refractivity contribution in [1.29, 1.82) is 0 Å². The molecule has 4 rings (SSSR count). The first-order valence-electron chi connectivity index (χ1n) is 7.76. The monoisotopic (exact) mass is 326 g/mol. The van der Waals surface area contributed by atoms with Crippen molar-refractivity contribution in [2.24, 2.45) is 0 Å². The molecule has 120 valence electrons. The first-order valence-corrected chi connectivity index (χ1v) is 7.76. The molecule has 0 amide bonds. The highest BCUT2D eigenvalue weighted by Crippen LogP contribution is 2.29. The smallest absolute Gasteiger partial charge is 0.191 e. The second-order valence-corrected chi connectivity index (χ2v) is 5.47. The maximum Gasteiger partial charge on any atom is 0.191 e. The molecule has 5 nitrogen and oxygen atoms in total. The molecule has 0 saturated carbocycles. The van der Waals surface area contributed by atoms with Gasteiger partial charge in [0.25, 0.3) is 0 Å². The highest BCUT2D eigenvalue weighted by molar-refractivity contribution is 5.83. The summed E-state index contributed by atoms with van der Waals surface area (Å²) in [6.07, 6.45) is 1.64. The molecule has 0 spiro atoms. The molecule has 0 atom stereocenters. The van der Waals surface area contributed by atoms with Crippen molar-refractivity contribution in [3.8, 4) is 23.0 Å². The lowest BCUT2D eigenvalue weighted by molar-refractivity contribution is 0.415. The van der Waals surface area contributed by atoms with E-state index >= 15 is 0 Å². The first kappa shape index (κ1) is 14.9. The van der Waals surface area contributed by atoms with Crippen LogP contribution in [0.15, 0.2) is 66.9 Å². The van der Waals surface area contributed by atoms with Crippen molar-refractivity contribution in [2.75, 3.05) is 7.11 Å².